The van der Waals surface area contributed by atoms with Gasteiger partial charge < -0.3 is 10.1 Å². The van der Waals surface area contributed by atoms with Gasteiger partial charge in [0.1, 0.15) is 18.2 Å². The first-order valence-electron chi connectivity index (χ1n) is 11.1. The Hall–Kier alpha value is -2.72. The van der Waals surface area contributed by atoms with Crippen molar-refractivity contribution in [1.29, 1.82) is 0 Å². The Kier molecular flexibility index (Phi) is 6.96. The highest BCUT2D eigenvalue weighted by Gasteiger charge is 2.50. The van der Waals surface area contributed by atoms with Crippen molar-refractivity contribution >= 4 is 23.5 Å². The molecule has 0 saturated heterocycles. The second-order valence-electron chi connectivity index (χ2n) is 9.29. The van der Waals surface area contributed by atoms with Crippen LogP contribution in [0.3, 0.4) is 0 Å². The molecular formula is C23H27F5N2O4. The number of fused-ring (bicyclic) bond motifs is 1. The number of rotatable bonds is 8. The Bertz CT molecular complexity index is 1000. The predicted octanol–water partition coefficient (Wildman–Crippen LogP) is 4.10. The molecule has 188 valence electrons. The summed E-state index contributed by atoms with van der Waals surface area (Å²) in [6.07, 6.45) is -4.40. The molecule has 2 aliphatic rings. The van der Waals surface area contributed by atoms with Gasteiger partial charge in [-0.2, -0.15) is 13.2 Å². The van der Waals surface area contributed by atoms with Crippen LogP contribution in [-0.2, 0) is 24.5 Å². The van der Waals surface area contributed by atoms with Crippen molar-refractivity contribution in [3.8, 4) is 0 Å². The highest BCUT2D eigenvalue weighted by molar-refractivity contribution is 6.10. The number of carbonyl (C=O) groups excluding carboxylic acids is 3. The van der Waals surface area contributed by atoms with Gasteiger partial charge in [-0.05, 0) is 58.1 Å². The number of alkyl halides is 3. The van der Waals surface area contributed by atoms with E-state index in [9.17, 15) is 27.6 Å². The van der Waals surface area contributed by atoms with E-state index in [2.05, 4.69) is 10.1 Å². The van der Waals surface area contributed by atoms with E-state index in [1.165, 1.54) is 20.8 Å². The Labute approximate surface area is 193 Å². The van der Waals surface area contributed by atoms with Gasteiger partial charge in [0.05, 0.1) is 30.0 Å². The minimum Gasteiger partial charge on any atom is -0.466 e. The number of ether oxygens (including phenoxy) is 1. The number of hydrogen-bond donors (Lipinski definition) is 1. The number of anilines is 1. The quantitative estimate of drug-likeness (QED) is 0.440. The van der Waals surface area contributed by atoms with Crippen molar-refractivity contribution in [3.63, 3.8) is 0 Å². The van der Waals surface area contributed by atoms with Crippen molar-refractivity contribution in [1.82, 2.24) is 5.32 Å². The molecule has 1 saturated carbocycles. The second-order valence-corrected chi connectivity index (χ2v) is 9.29. The second kappa shape index (κ2) is 9.14. The van der Waals surface area contributed by atoms with E-state index in [-0.39, 0.29) is 29.3 Å². The van der Waals surface area contributed by atoms with Crippen molar-refractivity contribution in [3.05, 3.63) is 28.8 Å². The normalized spacial score (nSPS) is 19.0. The molecule has 0 spiro atoms. The van der Waals surface area contributed by atoms with Crippen LogP contribution in [-0.4, -0.2) is 43.2 Å². The number of nitrogens with one attached hydrogen (secondary N) is 1. The molecule has 0 radical (unpaired) electrons. The monoisotopic (exact) mass is 490 g/mol. The Balaban J connectivity index is 1.82. The highest BCUT2D eigenvalue weighted by atomic mass is 19.4. The third-order valence-electron chi connectivity index (χ3n) is 6.32. The van der Waals surface area contributed by atoms with Crippen LogP contribution in [0.1, 0.15) is 64.0 Å². The topological polar surface area (TPSA) is 75.7 Å². The molecule has 6 nitrogen and oxygen atoms in total. The lowest BCUT2D eigenvalue weighted by molar-refractivity contribution is -0.190. The minimum absolute atomic E-state index is 0.0962. The molecule has 3 rings (SSSR count). The van der Waals surface area contributed by atoms with Crippen LogP contribution >= 0.6 is 0 Å². The minimum atomic E-state index is -4.81. The summed E-state index contributed by atoms with van der Waals surface area (Å²) in [6, 6.07) is -0.520. The first-order chi connectivity index (χ1) is 15.7. The fourth-order valence-electron chi connectivity index (χ4n) is 4.38. The van der Waals surface area contributed by atoms with E-state index in [1.54, 1.807) is 0 Å². The molecule has 34 heavy (non-hydrogen) atoms. The van der Waals surface area contributed by atoms with E-state index >= 15 is 8.78 Å². The fraction of sp³-hybridized carbons (Fsp3) is 0.609. The van der Waals surface area contributed by atoms with Crippen LogP contribution in [0, 0.1) is 17.6 Å². The first-order valence-corrected chi connectivity index (χ1v) is 11.1. The lowest BCUT2D eigenvalue weighted by atomic mass is 9.84. The molecule has 0 aromatic heterocycles. The molecule has 1 fully saturated rings. The Morgan fingerprint density at radius 2 is 1.88 bits per heavy atom. The largest absolute Gasteiger partial charge is 0.466 e. The van der Waals surface area contributed by atoms with Crippen molar-refractivity contribution in [2.45, 2.75) is 70.5 Å². The van der Waals surface area contributed by atoms with Crippen LogP contribution in [0.15, 0.2) is 6.07 Å². The van der Waals surface area contributed by atoms with Gasteiger partial charge in [-0.15, -0.1) is 0 Å². The molecule has 1 aromatic rings. The summed E-state index contributed by atoms with van der Waals surface area (Å²) in [5, 5.41) is 2.14. The lowest BCUT2D eigenvalue weighted by Crippen LogP contribution is -2.49. The smallest absolute Gasteiger partial charge is 0.394 e. The molecule has 1 heterocycles. The lowest BCUT2D eigenvalue weighted by Gasteiger charge is -2.27. The number of amides is 2. The average Bonchev–Trinajstić information content (AvgIpc) is 3.52. The summed E-state index contributed by atoms with van der Waals surface area (Å²) in [6.45, 7) is 4.44. The van der Waals surface area contributed by atoms with Gasteiger partial charge in [0.15, 0.2) is 0 Å². The van der Waals surface area contributed by atoms with E-state index in [4.69, 9.17) is 0 Å². The van der Waals surface area contributed by atoms with Crippen molar-refractivity contribution < 1.29 is 41.1 Å². The maximum absolute atomic E-state index is 15.2. The van der Waals surface area contributed by atoms with Crippen LogP contribution < -0.4 is 10.2 Å². The Morgan fingerprint density at radius 3 is 2.41 bits per heavy atom. The molecule has 1 aromatic carbocycles. The summed E-state index contributed by atoms with van der Waals surface area (Å²) in [4.78, 5) is 38.0. The highest BCUT2D eigenvalue weighted by Crippen LogP contribution is 2.50. The van der Waals surface area contributed by atoms with Crippen molar-refractivity contribution in [2.75, 3.05) is 18.1 Å². The van der Waals surface area contributed by atoms with E-state index in [1.807, 2.05) is 0 Å². The molecule has 11 heteroatoms. The molecule has 1 aliphatic heterocycles. The van der Waals surface area contributed by atoms with Crippen LogP contribution in [0.25, 0.3) is 0 Å². The zero-order chi connectivity index (χ0) is 25.6. The first kappa shape index (κ1) is 25.9. The molecule has 0 bridgehead atoms. The van der Waals surface area contributed by atoms with Crippen LogP contribution in [0.5, 0.6) is 0 Å². The van der Waals surface area contributed by atoms with Crippen LogP contribution in [0.4, 0.5) is 27.6 Å². The molecule has 2 atom stereocenters. The molecule has 0 unspecified atom stereocenters. The zero-order valence-corrected chi connectivity index (χ0v) is 19.3. The summed E-state index contributed by atoms with van der Waals surface area (Å²) >= 11 is 0. The predicted molar refractivity (Wildman–Crippen MR) is 112 cm³/mol. The van der Waals surface area contributed by atoms with Gasteiger partial charge in [0, 0.05) is 11.6 Å². The summed E-state index contributed by atoms with van der Waals surface area (Å²) < 4.78 is 75.3. The maximum Gasteiger partial charge on any atom is 0.394 e. The Morgan fingerprint density at radius 1 is 1.26 bits per heavy atom. The summed E-state index contributed by atoms with van der Waals surface area (Å²) in [5.41, 5.74) is -1.81. The summed E-state index contributed by atoms with van der Waals surface area (Å²) in [7, 11) is 0. The van der Waals surface area contributed by atoms with Gasteiger partial charge >= 0.3 is 12.1 Å². The van der Waals surface area contributed by atoms with E-state index in [0.29, 0.717) is 12.8 Å². The SMILES string of the molecule is CCOC(=O)C[C@@H]([C@H](C)NC(=O)CN1C(=O)C(C)(C)c2c(F)c(C3CC3)cc(F)c21)C(F)(F)F. The number of nitrogens with zero attached hydrogens (tertiary/aromatic N) is 1. The number of esters is 1. The third-order valence-corrected chi connectivity index (χ3v) is 6.32. The standard InChI is InChI=1S/C23H27F5N2O4/c1-5-34-17(32)9-14(23(26,27)28)11(2)29-16(31)10-30-20-15(24)8-13(12-6-7-12)19(25)18(20)22(3,4)21(30)33/h8,11-12,14H,5-7,9-10H2,1-4H3,(H,29,31)/t11-,14-/m0/s1. The van der Waals surface area contributed by atoms with Crippen LogP contribution in [0.2, 0.25) is 0 Å². The number of hydrogen-bond acceptors (Lipinski definition) is 4. The van der Waals surface area contributed by atoms with Gasteiger partial charge in [-0.3, -0.25) is 19.3 Å². The molecule has 2 amide bonds. The molecule has 1 aliphatic carbocycles. The van der Waals surface area contributed by atoms with Gasteiger partial charge in [0.2, 0.25) is 11.8 Å². The zero-order valence-electron chi connectivity index (χ0n) is 19.3. The molecule has 1 N–H and O–H groups in total. The van der Waals surface area contributed by atoms with Gasteiger partial charge in [-0.1, -0.05) is 0 Å². The molecular weight excluding hydrogens is 463 g/mol. The third kappa shape index (κ3) is 4.88. The van der Waals surface area contributed by atoms with Gasteiger partial charge in [-0.25, -0.2) is 8.78 Å². The fourth-order valence-corrected chi connectivity index (χ4v) is 4.38. The van der Waals surface area contributed by atoms with E-state index in [0.717, 1.165) is 17.9 Å². The number of halogens is 5. The summed E-state index contributed by atoms with van der Waals surface area (Å²) in [5.74, 6) is -6.73. The maximum atomic E-state index is 15.2. The number of carbonyl (C=O) groups is 3. The van der Waals surface area contributed by atoms with Crippen molar-refractivity contribution in [2.24, 2.45) is 5.92 Å². The number of benzene rings is 1. The van der Waals surface area contributed by atoms with Gasteiger partial charge in [0.25, 0.3) is 0 Å². The average molecular weight is 490 g/mol. The van der Waals surface area contributed by atoms with E-state index < -0.39 is 65.9 Å².